The average molecular weight is 190 g/mol. The number of hydrogen-bond acceptors (Lipinski definition) is 2. The predicted octanol–water partition coefficient (Wildman–Crippen LogP) is 1.13. The molecule has 1 aliphatic heterocycles. The number of carbonyl (C=O) groups excluding carboxylic acids is 1. The number of hydrogen-bond donors (Lipinski definition) is 0. The molecule has 3 heteroatoms. The van der Waals surface area contributed by atoms with Crippen molar-refractivity contribution in [1.82, 2.24) is 5.32 Å². The summed E-state index contributed by atoms with van der Waals surface area (Å²) in [6.45, 7) is 1.53. The fourth-order valence-corrected chi connectivity index (χ4v) is 1.77. The van der Waals surface area contributed by atoms with Crippen LogP contribution in [0.5, 0.6) is 0 Å². The van der Waals surface area contributed by atoms with Crippen molar-refractivity contribution in [3.8, 4) is 0 Å². The fourth-order valence-electron chi connectivity index (χ4n) is 1.77. The molecule has 0 fully saturated rings. The summed E-state index contributed by atoms with van der Waals surface area (Å²) in [6, 6.07) is 5.71. The monoisotopic (exact) mass is 190 g/mol. The molecule has 1 radical (unpaired) electrons. The number of nitrogens with zero attached hydrogens (tertiary/aromatic N) is 1. The molecule has 14 heavy (non-hydrogen) atoms. The quantitative estimate of drug-likeness (QED) is 0.623. The van der Waals surface area contributed by atoms with Crippen molar-refractivity contribution >= 4 is 5.97 Å². The largest absolute Gasteiger partial charge is 0.465 e. The van der Waals surface area contributed by atoms with Gasteiger partial charge in [-0.1, -0.05) is 12.1 Å². The van der Waals surface area contributed by atoms with Crippen molar-refractivity contribution in [2.45, 2.75) is 13.0 Å². The van der Waals surface area contributed by atoms with E-state index in [4.69, 9.17) is 4.74 Å². The molecule has 1 aromatic rings. The number of carbonyl (C=O) groups is 1. The number of ether oxygens (including phenoxy) is 1. The van der Waals surface area contributed by atoms with E-state index in [1.54, 1.807) is 0 Å². The summed E-state index contributed by atoms with van der Waals surface area (Å²) in [4.78, 5) is 11.4. The fraction of sp³-hybridized carbons (Fsp3) is 0.364. The van der Waals surface area contributed by atoms with E-state index in [1.165, 1.54) is 7.11 Å². The molecular weight excluding hydrogens is 178 g/mol. The highest BCUT2D eigenvalue weighted by Gasteiger charge is 2.17. The van der Waals surface area contributed by atoms with Crippen molar-refractivity contribution < 1.29 is 9.53 Å². The van der Waals surface area contributed by atoms with E-state index in [0.29, 0.717) is 5.56 Å². The highest BCUT2D eigenvalue weighted by Crippen LogP contribution is 2.19. The Hall–Kier alpha value is -1.35. The molecule has 0 atom stereocenters. The lowest BCUT2D eigenvalue weighted by molar-refractivity contribution is 0.0599. The van der Waals surface area contributed by atoms with E-state index in [-0.39, 0.29) is 5.97 Å². The summed E-state index contributed by atoms with van der Waals surface area (Å²) in [7, 11) is 1.41. The number of esters is 1. The van der Waals surface area contributed by atoms with Gasteiger partial charge in [0.1, 0.15) is 0 Å². The van der Waals surface area contributed by atoms with Crippen molar-refractivity contribution in [3.05, 3.63) is 34.9 Å². The lowest BCUT2D eigenvalue weighted by atomic mass is 9.95. The first-order valence-electron chi connectivity index (χ1n) is 4.65. The van der Waals surface area contributed by atoms with Crippen LogP contribution in [0.2, 0.25) is 0 Å². The summed E-state index contributed by atoms with van der Waals surface area (Å²) in [6.07, 6.45) is 0.848. The van der Waals surface area contributed by atoms with Crippen molar-refractivity contribution in [3.63, 3.8) is 0 Å². The standard InChI is InChI=1S/C11H12NO2/c1-14-11(13)10-4-2-3-8-7-12-6-5-9(8)10/h2-4H,5-7H2,1H3. The van der Waals surface area contributed by atoms with Gasteiger partial charge < -0.3 is 4.74 Å². The first-order valence-corrected chi connectivity index (χ1v) is 4.65. The van der Waals surface area contributed by atoms with Gasteiger partial charge in [-0.3, -0.25) is 0 Å². The van der Waals surface area contributed by atoms with Crippen molar-refractivity contribution in [2.75, 3.05) is 13.7 Å². The Morgan fingerprint density at radius 1 is 1.50 bits per heavy atom. The van der Waals surface area contributed by atoms with Crippen LogP contribution in [-0.2, 0) is 17.7 Å². The number of fused-ring (bicyclic) bond motifs is 1. The molecule has 1 aliphatic rings. The lowest BCUT2D eigenvalue weighted by Gasteiger charge is -2.17. The molecule has 2 rings (SSSR count). The Morgan fingerprint density at radius 2 is 2.36 bits per heavy atom. The van der Waals surface area contributed by atoms with Crippen LogP contribution in [0.25, 0.3) is 0 Å². The Morgan fingerprint density at radius 3 is 3.14 bits per heavy atom. The lowest BCUT2D eigenvalue weighted by Crippen LogP contribution is -2.20. The highest BCUT2D eigenvalue weighted by atomic mass is 16.5. The third kappa shape index (κ3) is 1.51. The topological polar surface area (TPSA) is 40.4 Å². The van der Waals surface area contributed by atoms with Crippen molar-refractivity contribution in [1.29, 1.82) is 0 Å². The maximum absolute atomic E-state index is 11.4. The minimum atomic E-state index is -0.247. The molecule has 0 aliphatic carbocycles. The van der Waals surface area contributed by atoms with Gasteiger partial charge in [-0.05, 0) is 23.6 Å². The Labute approximate surface area is 83.1 Å². The van der Waals surface area contributed by atoms with Gasteiger partial charge in [-0.25, -0.2) is 10.1 Å². The molecule has 73 valence electrons. The molecule has 0 saturated carbocycles. The predicted molar refractivity (Wildman–Crippen MR) is 52.2 cm³/mol. The first kappa shape index (κ1) is 9.21. The minimum absolute atomic E-state index is 0.247. The summed E-state index contributed by atoms with van der Waals surface area (Å²) in [5.74, 6) is -0.247. The Balaban J connectivity index is 2.45. The summed E-state index contributed by atoms with van der Waals surface area (Å²) < 4.78 is 4.73. The third-order valence-electron chi connectivity index (χ3n) is 2.48. The van der Waals surface area contributed by atoms with Gasteiger partial charge in [-0.15, -0.1) is 0 Å². The molecule has 0 bridgehead atoms. The number of methoxy groups -OCH3 is 1. The highest BCUT2D eigenvalue weighted by molar-refractivity contribution is 5.91. The molecule has 0 amide bonds. The molecule has 0 spiro atoms. The van der Waals surface area contributed by atoms with Crippen LogP contribution >= 0.6 is 0 Å². The van der Waals surface area contributed by atoms with E-state index in [9.17, 15) is 4.79 Å². The zero-order chi connectivity index (χ0) is 9.97. The maximum Gasteiger partial charge on any atom is 0.338 e. The van der Waals surface area contributed by atoms with Crippen LogP contribution < -0.4 is 5.32 Å². The summed E-state index contributed by atoms with van der Waals surface area (Å²) >= 11 is 0. The van der Waals surface area contributed by atoms with E-state index in [1.807, 2.05) is 18.2 Å². The molecule has 0 saturated heterocycles. The van der Waals surface area contributed by atoms with Crippen LogP contribution in [0.15, 0.2) is 18.2 Å². The van der Waals surface area contributed by atoms with E-state index in [0.717, 1.165) is 30.6 Å². The molecular formula is C11H12NO2. The maximum atomic E-state index is 11.4. The van der Waals surface area contributed by atoms with Gasteiger partial charge in [0.25, 0.3) is 0 Å². The average Bonchev–Trinajstić information content (AvgIpc) is 2.27. The second-order valence-electron chi connectivity index (χ2n) is 3.29. The summed E-state index contributed by atoms with van der Waals surface area (Å²) in [5, 5.41) is 4.29. The second-order valence-corrected chi connectivity index (χ2v) is 3.29. The van der Waals surface area contributed by atoms with Crippen molar-refractivity contribution in [2.24, 2.45) is 0 Å². The van der Waals surface area contributed by atoms with Gasteiger partial charge >= 0.3 is 5.97 Å². The smallest absolute Gasteiger partial charge is 0.338 e. The minimum Gasteiger partial charge on any atom is -0.465 e. The zero-order valence-corrected chi connectivity index (χ0v) is 8.12. The SMILES string of the molecule is COC(=O)c1cccc2c1CC[N]C2. The van der Waals surface area contributed by atoms with Gasteiger partial charge in [-0.2, -0.15) is 0 Å². The van der Waals surface area contributed by atoms with Crippen LogP contribution in [0.4, 0.5) is 0 Å². The molecule has 0 N–H and O–H groups in total. The van der Waals surface area contributed by atoms with E-state index in [2.05, 4.69) is 5.32 Å². The van der Waals surface area contributed by atoms with Crippen LogP contribution in [0.3, 0.4) is 0 Å². The van der Waals surface area contributed by atoms with E-state index >= 15 is 0 Å². The van der Waals surface area contributed by atoms with Gasteiger partial charge in [0.05, 0.1) is 12.7 Å². The number of benzene rings is 1. The van der Waals surface area contributed by atoms with Crippen LogP contribution in [-0.4, -0.2) is 19.6 Å². The Bertz CT molecular complexity index is 360. The molecule has 0 aromatic heterocycles. The van der Waals surface area contributed by atoms with E-state index < -0.39 is 0 Å². The second kappa shape index (κ2) is 3.80. The Kier molecular flexibility index (Phi) is 2.50. The molecule has 1 aromatic carbocycles. The van der Waals surface area contributed by atoms with Crippen LogP contribution in [0, 0.1) is 0 Å². The van der Waals surface area contributed by atoms with Crippen LogP contribution in [0.1, 0.15) is 21.5 Å². The number of rotatable bonds is 1. The zero-order valence-electron chi connectivity index (χ0n) is 8.12. The molecule has 3 nitrogen and oxygen atoms in total. The third-order valence-corrected chi connectivity index (χ3v) is 2.48. The van der Waals surface area contributed by atoms with Gasteiger partial charge in [0, 0.05) is 13.1 Å². The van der Waals surface area contributed by atoms with Gasteiger partial charge in [0.2, 0.25) is 0 Å². The molecule has 0 unspecified atom stereocenters. The summed E-state index contributed by atoms with van der Waals surface area (Å²) in [5.41, 5.74) is 2.95. The van der Waals surface area contributed by atoms with Gasteiger partial charge in [0.15, 0.2) is 0 Å². The normalized spacial score (nSPS) is 14.6. The first-order chi connectivity index (χ1) is 6.83. The molecule has 1 heterocycles.